The van der Waals surface area contributed by atoms with Crippen molar-refractivity contribution in [1.82, 2.24) is 24.7 Å². The van der Waals surface area contributed by atoms with Gasteiger partial charge in [-0.2, -0.15) is 0 Å². The normalized spacial score (nSPS) is 20.9. The number of benzene rings is 1. The Bertz CT molecular complexity index is 841. The summed E-state index contributed by atoms with van der Waals surface area (Å²) in [5, 5.41) is 3.19. The van der Waals surface area contributed by atoms with E-state index in [1.807, 2.05) is 47.0 Å². The third-order valence-electron chi connectivity index (χ3n) is 5.96. The molecule has 2 aliphatic heterocycles. The quantitative estimate of drug-likeness (QED) is 0.785. The zero-order valence-corrected chi connectivity index (χ0v) is 17.8. The molecule has 0 radical (unpaired) electrons. The number of hydrogen-bond donors (Lipinski definition) is 1. The lowest BCUT2D eigenvalue weighted by molar-refractivity contribution is 0.0559. The maximum absolute atomic E-state index is 13.1. The largest absolute Gasteiger partial charge is 0.497 e. The SMILES string of the molecule is COc1cccc(C(NC(=O)N2CCN(CC3CCCO3)CC2)c2nccn2C)c1. The van der Waals surface area contributed by atoms with E-state index in [2.05, 4.69) is 15.2 Å². The van der Waals surface area contributed by atoms with Gasteiger partial charge in [0.25, 0.3) is 0 Å². The van der Waals surface area contributed by atoms with Crippen LogP contribution in [0.3, 0.4) is 0 Å². The maximum Gasteiger partial charge on any atom is 0.318 e. The number of piperazine rings is 1. The van der Waals surface area contributed by atoms with Gasteiger partial charge in [-0.3, -0.25) is 4.90 Å². The van der Waals surface area contributed by atoms with E-state index in [1.165, 1.54) is 0 Å². The second kappa shape index (κ2) is 9.49. The number of urea groups is 1. The van der Waals surface area contributed by atoms with Crippen molar-refractivity contribution in [2.45, 2.75) is 25.0 Å². The predicted molar refractivity (Wildman–Crippen MR) is 114 cm³/mol. The van der Waals surface area contributed by atoms with Crippen LogP contribution in [-0.2, 0) is 11.8 Å². The number of aromatic nitrogens is 2. The number of nitrogens with zero attached hydrogens (tertiary/aromatic N) is 4. The number of imidazole rings is 1. The van der Waals surface area contributed by atoms with Crippen molar-refractivity contribution in [3.05, 3.63) is 48.0 Å². The summed E-state index contributed by atoms with van der Waals surface area (Å²) in [4.78, 5) is 21.9. The van der Waals surface area contributed by atoms with E-state index >= 15 is 0 Å². The molecule has 0 spiro atoms. The van der Waals surface area contributed by atoms with Gasteiger partial charge in [-0.25, -0.2) is 9.78 Å². The van der Waals surface area contributed by atoms with Crippen LogP contribution in [0, 0.1) is 0 Å². The molecule has 2 aromatic rings. The van der Waals surface area contributed by atoms with Crippen LogP contribution in [0.4, 0.5) is 4.79 Å². The lowest BCUT2D eigenvalue weighted by Crippen LogP contribution is -2.53. The summed E-state index contributed by atoms with van der Waals surface area (Å²) >= 11 is 0. The molecule has 2 aliphatic rings. The van der Waals surface area contributed by atoms with Crippen molar-refractivity contribution in [1.29, 1.82) is 0 Å². The lowest BCUT2D eigenvalue weighted by Gasteiger charge is -2.36. The third-order valence-corrected chi connectivity index (χ3v) is 5.96. The molecular formula is C22H31N5O3. The number of aryl methyl sites for hydroxylation is 1. The Morgan fingerprint density at radius 1 is 1.33 bits per heavy atom. The van der Waals surface area contributed by atoms with Gasteiger partial charge in [0.05, 0.1) is 13.2 Å². The van der Waals surface area contributed by atoms with Crippen molar-refractivity contribution in [3.63, 3.8) is 0 Å². The minimum Gasteiger partial charge on any atom is -0.497 e. The van der Waals surface area contributed by atoms with Crippen molar-refractivity contribution in [3.8, 4) is 5.75 Å². The molecule has 30 heavy (non-hydrogen) atoms. The van der Waals surface area contributed by atoms with Gasteiger partial charge in [0.15, 0.2) is 0 Å². The van der Waals surface area contributed by atoms with Crippen molar-refractivity contribution >= 4 is 6.03 Å². The van der Waals surface area contributed by atoms with Gasteiger partial charge in [0, 0.05) is 58.8 Å². The number of nitrogens with one attached hydrogen (secondary N) is 1. The molecule has 2 unspecified atom stereocenters. The molecule has 162 valence electrons. The summed E-state index contributed by atoms with van der Waals surface area (Å²) < 4.78 is 13.1. The molecule has 1 aromatic carbocycles. The highest BCUT2D eigenvalue weighted by Crippen LogP contribution is 2.24. The molecule has 8 heteroatoms. The smallest absolute Gasteiger partial charge is 0.318 e. The van der Waals surface area contributed by atoms with E-state index in [0.29, 0.717) is 19.2 Å². The molecule has 4 rings (SSSR count). The maximum atomic E-state index is 13.1. The first-order valence-corrected chi connectivity index (χ1v) is 10.6. The Labute approximate surface area is 177 Å². The van der Waals surface area contributed by atoms with Gasteiger partial charge >= 0.3 is 6.03 Å². The summed E-state index contributed by atoms with van der Waals surface area (Å²) in [6.45, 7) is 5.02. The standard InChI is InChI=1S/C22H31N5O3/c1-25-9-8-23-21(25)20(17-5-3-6-18(15-17)29-2)24-22(28)27-12-10-26(11-13-27)16-19-7-4-14-30-19/h3,5-6,8-9,15,19-20H,4,7,10-14,16H2,1-2H3,(H,24,28). The highest BCUT2D eigenvalue weighted by atomic mass is 16.5. The van der Waals surface area contributed by atoms with Crippen LogP contribution < -0.4 is 10.1 Å². The minimum atomic E-state index is -0.350. The Morgan fingerprint density at radius 2 is 2.17 bits per heavy atom. The van der Waals surface area contributed by atoms with Crippen LogP contribution in [0.2, 0.25) is 0 Å². The number of ether oxygens (including phenoxy) is 2. The van der Waals surface area contributed by atoms with Crippen LogP contribution in [0.1, 0.15) is 30.3 Å². The van der Waals surface area contributed by atoms with Crippen LogP contribution >= 0.6 is 0 Å². The molecule has 2 saturated heterocycles. The van der Waals surface area contributed by atoms with Gasteiger partial charge in [-0.15, -0.1) is 0 Å². The van der Waals surface area contributed by atoms with Crippen molar-refractivity contribution in [2.24, 2.45) is 7.05 Å². The molecule has 2 atom stereocenters. The summed E-state index contributed by atoms with van der Waals surface area (Å²) in [6.07, 6.45) is 6.29. The average Bonchev–Trinajstić information content (AvgIpc) is 3.44. The summed E-state index contributed by atoms with van der Waals surface area (Å²) in [6, 6.07) is 7.34. The van der Waals surface area contributed by atoms with Gasteiger partial charge in [0.1, 0.15) is 17.6 Å². The molecular weight excluding hydrogens is 382 g/mol. The average molecular weight is 414 g/mol. The Morgan fingerprint density at radius 3 is 2.83 bits per heavy atom. The van der Waals surface area contributed by atoms with Gasteiger partial charge in [-0.05, 0) is 30.5 Å². The van der Waals surface area contributed by atoms with Crippen LogP contribution in [0.15, 0.2) is 36.7 Å². The second-order valence-electron chi connectivity index (χ2n) is 7.98. The van der Waals surface area contributed by atoms with Gasteiger partial charge < -0.3 is 24.3 Å². The zero-order valence-electron chi connectivity index (χ0n) is 17.8. The zero-order chi connectivity index (χ0) is 20.9. The first-order chi connectivity index (χ1) is 14.6. The van der Waals surface area contributed by atoms with E-state index in [1.54, 1.807) is 13.3 Å². The number of hydrogen-bond acceptors (Lipinski definition) is 5. The molecule has 1 N–H and O–H groups in total. The van der Waals surface area contributed by atoms with E-state index in [4.69, 9.17) is 9.47 Å². The van der Waals surface area contributed by atoms with E-state index in [0.717, 1.165) is 56.2 Å². The second-order valence-corrected chi connectivity index (χ2v) is 7.98. The Kier molecular flexibility index (Phi) is 6.54. The van der Waals surface area contributed by atoms with E-state index in [9.17, 15) is 4.79 Å². The number of carbonyl (C=O) groups excluding carboxylic acids is 1. The highest BCUT2D eigenvalue weighted by molar-refractivity contribution is 5.75. The number of carbonyl (C=O) groups is 1. The Balaban J connectivity index is 1.41. The molecule has 2 amide bonds. The van der Waals surface area contributed by atoms with Crippen molar-refractivity contribution < 1.29 is 14.3 Å². The monoisotopic (exact) mass is 413 g/mol. The topological polar surface area (TPSA) is 71.9 Å². The van der Waals surface area contributed by atoms with E-state index < -0.39 is 0 Å². The van der Waals surface area contributed by atoms with Gasteiger partial charge in [-0.1, -0.05) is 12.1 Å². The summed E-state index contributed by atoms with van der Waals surface area (Å²) in [5.41, 5.74) is 0.939. The summed E-state index contributed by atoms with van der Waals surface area (Å²) in [7, 11) is 3.58. The first-order valence-electron chi connectivity index (χ1n) is 10.6. The Hall–Kier alpha value is -2.58. The van der Waals surface area contributed by atoms with Crippen LogP contribution in [-0.4, -0.2) is 77.9 Å². The lowest BCUT2D eigenvalue weighted by atomic mass is 10.1. The fraction of sp³-hybridized carbons (Fsp3) is 0.545. The number of methoxy groups -OCH3 is 1. The third kappa shape index (κ3) is 4.76. The molecule has 0 saturated carbocycles. The van der Waals surface area contributed by atoms with Crippen LogP contribution in [0.25, 0.3) is 0 Å². The first kappa shape index (κ1) is 20.7. The predicted octanol–water partition coefficient (Wildman–Crippen LogP) is 2.02. The highest BCUT2D eigenvalue weighted by Gasteiger charge is 2.28. The molecule has 0 aliphatic carbocycles. The van der Waals surface area contributed by atoms with E-state index in [-0.39, 0.29) is 12.1 Å². The summed E-state index contributed by atoms with van der Waals surface area (Å²) in [5.74, 6) is 1.54. The molecule has 8 nitrogen and oxygen atoms in total. The van der Waals surface area contributed by atoms with Crippen LogP contribution in [0.5, 0.6) is 5.75 Å². The van der Waals surface area contributed by atoms with Crippen molar-refractivity contribution in [2.75, 3.05) is 46.4 Å². The fourth-order valence-electron chi connectivity index (χ4n) is 4.20. The fourth-order valence-corrected chi connectivity index (χ4v) is 4.20. The van der Waals surface area contributed by atoms with Gasteiger partial charge in [0.2, 0.25) is 0 Å². The number of amides is 2. The number of rotatable bonds is 6. The molecule has 3 heterocycles. The molecule has 0 bridgehead atoms. The molecule has 1 aromatic heterocycles. The minimum absolute atomic E-state index is 0.0670. The molecule has 2 fully saturated rings.